The Kier molecular flexibility index (Phi) is 8.04. The third-order valence-electron chi connectivity index (χ3n) is 11.2. The van der Waals surface area contributed by atoms with E-state index in [1.54, 1.807) is 0 Å². The number of nitrogens with zero attached hydrogens (tertiary/aromatic N) is 2. The van der Waals surface area contributed by atoms with Crippen LogP contribution in [0, 0.1) is 0 Å². The highest BCUT2D eigenvalue weighted by atomic mass is 32.1. The molecule has 0 unspecified atom stereocenters. The van der Waals surface area contributed by atoms with E-state index >= 15 is 0 Å². The summed E-state index contributed by atoms with van der Waals surface area (Å²) in [5.74, 6) is 0. The lowest BCUT2D eigenvalue weighted by atomic mass is 10.0. The monoisotopic (exact) mass is 744 g/mol. The smallest absolute Gasteiger partial charge is 0.0547 e. The molecule has 0 amide bonds. The lowest BCUT2D eigenvalue weighted by Gasteiger charge is -2.26. The first-order chi connectivity index (χ1) is 28.2. The fraction of sp³-hybridized carbons (Fsp3) is 0. The van der Waals surface area contributed by atoms with Crippen molar-refractivity contribution in [2.24, 2.45) is 0 Å². The third kappa shape index (κ3) is 5.88. The van der Waals surface area contributed by atoms with Crippen molar-refractivity contribution in [2.75, 3.05) is 4.90 Å². The van der Waals surface area contributed by atoms with Gasteiger partial charge in [-0.1, -0.05) is 152 Å². The number of hydrogen-bond donors (Lipinski definition) is 0. The molecule has 11 rings (SSSR count). The Bertz CT molecular complexity index is 3150. The van der Waals surface area contributed by atoms with E-state index in [1.807, 2.05) is 11.3 Å². The van der Waals surface area contributed by atoms with Crippen molar-refractivity contribution in [3.63, 3.8) is 0 Å². The van der Waals surface area contributed by atoms with Crippen LogP contribution in [0.2, 0.25) is 0 Å². The maximum atomic E-state index is 2.40. The van der Waals surface area contributed by atoms with Crippen molar-refractivity contribution in [1.82, 2.24) is 4.57 Å². The summed E-state index contributed by atoms with van der Waals surface area (Å²) in [7, 11) is 0. The number of hydrogen-bond acceptors (Lipinski definition) is 2. The van der Waals surface area contributed by atoms with Gasteiger partial charge in [0, 0.05) is 53.7 Å². The van der Waals surface area contributed by atoms with Crippen molar-refractivity contribution in [1.29, 1.82) is 0 Å². The van der Waals surface area contributed by atoms with Gasteiger partial charge >= 0.3 is 0 Å². The van der Waals surface area contributed by atoms with Gasteiger partial charge in [-0.25, -0.2) is 0 Å². The Morgan fingerprint density at radius 3 is 1.44 bits per heavy atom. The predicted molar refractivity (Wildman–Crippen MR) is 245 cm³/mol. The summed E-state index contributed by atoms with van der Waals surface area (Å²) in [6.07, 6.45) is 0. The number of aromatic nitrogens is 1. The SMILES string of the molecule is c1ccc(-c2cccc(N(c3cccc(-c4ccccc4)c3)c3ccc4c(c3)sc3cc(-c5ccc6c7ccccc7n(-c7ccccc7)c6c5)ccc34)c2)cc1. The van der Waals surface area contributed by atoms with Gasteiger partial charge < -0.3 is 9.47 Å². The Hall–Kier alpha value is -7.20. The molecule has 0 radical (unpaired) electrons. The first kappa shape index (κ1) is 33.2. The molecule has 11 aromatic rings. The number of thiophene rings is 1. The molecule has 2 aromatic heterocycles. The molecule has 0 saturated carbocycles. The van der Waals surface area contributed by atoms with Crippen LogP contribution >= 0.6 is 11.3 Å². The average molecular weight is 745 g/mol. The standard InChI is InChI=1S/C54H36N2S/c1-4-14-37(15-5-1)39-18-12-22-44(32-39)55(45-23-13-19-40(33-45)38-16-6-2-7-17-38)46-28-31-50-49-30-27-42(35-53(49)57-54(50)36-46)41-26-29-48-47-24-10-11-25-51(47)56(52(48)34-41)43-20-8-3-9-21-43/h1-36H. The molecule has 0 saturated heterocycles. The molecule has 0 aliphatic heterocycles. The van der Waals surface area contributed by atoms with E-state index in [0.29, 0.717) is 0 Å². The minimum absolute atomic E-state index is 1.12. The molecule has 268 valence electrons. The van der Waals surface area contributed by atoms with Crippen molar-refractivity contribution in [2.45, 2.75) is 0 Å². The Morgan fingerprint density at radius 2 is 0.772 bits per heavy atom. The van der Waals surface area contributed by atoms with Gasteiger partial charge in [0.2, 0.25) is 0 Å². The molecule has 0 aliphatic carbocycles. The highest BCUT2D eigenvalue weighted by molar-refractivity contribution is 7.25. The summed E-state index contributed by atoms with van der Waals surface area (Å²) < 4.78 is 4.94. The number of rotatable bonds is 7. The average Bonchev–Trinajstić information content (AvgIpc) is 3.82. The second kappa shape index (κ2) is 13.8. The summed E-state index contributed by atoms with van der Waals surface area (Å²) in [6, 6.07) is 79.3. The van der Waals surface area contributed by atoms with Crippen LogP contribution in [0.4, 0.5) is 17.1 Å². The molecule has 0 N–H and O–H groups in total. The van der Waals surface area contributed by atoms with E-state index in [-0.39, 0.29) is 0 Å². The van der Waals surface area contributed by atoms with Crippen LogP contribution in [0.3, 0.4) is 0 Å². The molecule has 0 atom stereocenters. The molecule has 0 spiro atoms. The maximum absolute atomic E-state index is 2.40. The van der Waals surface area contributed by atoms with Gasteiger partial charge in [-0.3, -0.25) is 0 Å². The fourth-order valence-corrected chi connectivity index (χ4v) is 9.63. The Balaban J connectivity index is 1.03. The van der Waals surface area contributed by atoms with E-state index in [0.717, 1.165) is 17.1 Å². The zero-order valence-corrected chi connectivity index (χ0v) is 31.9. The summed E-state index contributed by atoms with van der Waals surface area (Å²) in [5, 5.41) is 5.10. The van der Waals surface area contributed by atoms with Crippen molar-refractivity contribution < 1.29 is 0 Å². The molecular formula is C54H36N2S. The molecular weight excluding hydrogens is 709 g/mol. The number of para-hydroxylation sites is 2. The van der Waals surface area contributed by atoms with Gasteiger partial charge in [-0.15, -0.1) is 11.3 Å². The van der Waals surface area contributed by atoms with Crippen molar-refractivity contribution in [3.05, 3.63) is 218 Å². The van der Waals surface area contributed by atoms with E-state index in [2.05, 4.69) is 228 Å². The minimum Gasteiger partial charge on any atom is -0.310 e. The summed E-state index contributed by atoms with van der Waals surface area (Å²) >= 11 is 1.87. The number of fused-ring (bicyclic) bond motifs is 6. The molecule has 2 heterocycles. The van der Waals surface area contributed by atoms with E-state index in [4.69, 9.17) is 0 Å². The van der Waals surface area contributed by atoms with Gasteiger partial charge in [0.15, 0.2) is 0 Å². The molecule has 3 heteroatoms. The predicted octanol–water partition coefficient (Wildman–Crippen LogP) is 15.6. The van der Waals surface area contributed by atoms with E-state index in [9.17, 15) is 0 Å². The first-order valence-electron chi connectivity index (χ1n) is 19.4. The van der Waals surface area contributed by atoms with Crippen LogP contribution < -0.4 is 4.90 Å². The summed E-state index contributed by atoms with van der Waals surface area (Å²) in [4.78, 5) is 2.40. The number of benzene rings is 9. The topological polar surface area (TPSA) is 8.17 Å². The highest BCUT2D eigenvalue weighted by Crippen LogP contribution is 2.43. The van der Waals surface area contributed by atoms with Gasteiger partial charge in [0.1, 0.15) is 0 Å². The first-order valence-corrected chi connectivity index (χ1v) is 20.2. The quantitative estimate of drug-likeness (QED) is 0.158. The van der Waals surface area contributed by atoms with Gasteiger partial charge in [-0.2, -0.15) is 0 Å². The zero-order valence-electron chi connectivity index (χ0n) is 31.1. The molecule has 2 nitrogen and oxygen atoms in total. The van der Waals surface area contributed by atoms with Gasteiger partial charge in [-0.05, 0) is 100 Å². The second-order valence-corrected chi connectivity index (χ2v) is 15.7. The molecule has 0 fully saturated rings. The molecule has 0 bridgehead atoms. The largest absolute Gasteiger partial charge is 0.310 e. The molecule has 57 heavy (non-hydrogen) atoms. The summed E-state index contributed by atoms with van der Waals surface area (Å²) in [5.41, 5.74) is 14.2. The maximum Gasteiger partial charge on any atom is 0.0547 e. The Labute approximate surface area is 335 Å². The lowest BCUT2D eigenvalue weighted by Crippen LogP contribution is -2.10. The zero-order chi connectivity index (χ0) is 37.7. The van der Waals surface area contributed by atoms with E-state index < -0.39 is 0 Å². The van der Waals surface area contributed by atoms with Crippen LogP contribution in [0.5, 0.6) is 0 Å². The molecule has 9 aromatic carbocycles. The molecule has 0 aliphatic rings. The highest BCUT2D eigenvalue weighted by Gasteiger charge is 2.18. The second-order valence-electron chi connectivity index (χ2n) is 14.6. The Morgan fingerprint density at radius 1 is 0.298 bits per heavy atom. The van der Waals surface area contributed by atoms with Crippen LogP contribution in [-0.4, -0.2) is 4.57 Å². The normalized spacial score (nSPS) is 11.5. The van der Waals surface area contributed by atoms with Crippen LogP contribution in [0.25, 0.3) is 81.0 Å². The van der Waals surface area contributed by atoms with Crippen molar-refractivity contribution >= 4 is 70.4 Å². The minimum atomic E-state index is 1.12. The van der Waals surface area contributed by atoms with Gasteiger partial charge in [0.05, 0.1) is 11.0 Å². The van der Waals surface area contributed by atoms with Crippen LogP contribution in [0.15, 0.2) is 218 Å². The van der Waals surface area contributed by atoms with Crippen LogP contribution in [-0.2, 0) is 0 Å². The number of anilines is 3. The third-order valence-corrected chi connectivity index (χ3v) is 12.3. The van der Waals surface area contributed by atoms with E-state index in [1.165, 1.54) is 81.0 Å². The van der Waals surface area contributed by atoms with Crippen molar-refractivity contribution in [3.8, 4) is 39.1 Å². The fourth-order valence-electron chi connectivity index (χ4n) is 8.45. The van der Waals surface area contributed by atoms with Crippen LogP contribution in [0.1, 0.15) is 0 Å². The van der Waals surface area contributed by atoms with Gasteiger partial charge in [0.25, 0.3) is 0 Å². The lowest BCUT2D eigenvalue weighted by molar-refractivity contribution is 1.18. The summed E-state index contributed by atoms with van der Waals surface area (Å²) in [6.45, 7) is 0.